The lowest BCUT2D eigenvalue weighted by Gasteiger charge is -2.22. The van der Waals surface area contributed by atoms with Gasteiger partial charge in [0, 0.05) is 25.4 Å². The predicted molar refractivity (Wildman–Crippen MR) is 77.9 cm³/mol. The normalized spacial score (nSPS) is 18.1. The number of halogens is 1. The van der Waals surface area contributed by atoms with Gasteiger partial charge in [0.15, 0.2) is 0 Å². The van der Waals surface area contributed by atoms with Crippen LogP contribution >= 0.6 is 0 Å². The van der Waals surface area contributed by atoms with E-state index in [1.54, 1.807) is 17.2 Å². The van der Waals surface area contributed by atoms with Crippen molar-refractivity contribution in [2.24, 2.45) is 0 Å². The molecule has 1 N–H and O–H groups in total. The topological polar surface area (TPSA) is 54.5 Å². The van der Waals surface area contributed by atoms with Gasteiger partial charge < -0.3 is 15.0 Å². The number of aromatic nitrogens is 1. The largest absolute Gasteiger partial charge is 0.475 e. The predicted octanol–water partition coefficient (Wildman–Crippen LogP) is 2.51. The zero-order chi connectivity index (χ0) is 15.2. The second-order valence-corrected chi connectivity index (χ2v) is 5.47. The van der Waals surface area contributed by atoms with E-state index in [0.29, 0.717) is 19.0 Å². The maximum absolute atomic E-state index is 12.8. The number of carbonyl (C=O) groups excluding carboxylic acids is 1. The van der Waals surface area contributed by atoms with Crippen LogP contribution in [0.25, 0.3) is 0 Å². The summed E-state index contributed by atoms with van der Waals surface area (Å²) in [5.74, 6) is 0.541. The van der Waals surface area contributed by atoms with Gasteiger partial charge in [-0.25, -0.2) is 14.2 Å². The zero-order valence-electron chi connectivity index (χ0n) is 12.5. The molecule has 1 unspecified atom stereocenters. The summed E-state index contributed by atoms with van der Waals surface area (Å²) < 4.78 is 18.3. The molecule has 5 nitrogen and oxygen atoms in total. The summed E-state index contributed by atoms with van der Waals surface area (Å²) in [5, 5.41) is 2.82. The summed E-state index contributed by atoms with van der Waals surface area (Å²) in [6.07, 6.45) is 3.31. The lowest BCUT2D eigenvalue weighted by molar-refractivity contribution is 0.182. The van der Waals surface area contributed by atoms with Crippen molar-refractivity contribution >= 4 is 6.03 Å². The fourth-order valence-electron chi connectivity index (χ4n) is 2.41. The summed E-state index contributed by atoms with van der Waals surface area (Å²) in [6, 6.07) is 3.14. The van der Waals surface area contributed by atoms with E-state index in [0.717, 1.165) is 18.4 Å². The van der Waals surface area contributed by atoms with Crippen LogP contribution in [0, 0.1) is 0 Å². The summed E-state index contributed by atoms with van der Waals surface area (Å²) in [4.78, 5) is 17.7. The molecule has 6 heteroatoms. The number of likely N-dealkylation sites (tertiary alicyclic amines) is 1. The molecule has 0 radical (unpaired) electrons. The van der Waals surface area contributed by atoms with Crippen molar-refractivity contribution < 1.29 is 13.9 Å². The molecule has 0 aliphatic carbocycles. The van der Waals surface area contributed by atoms with Gasteiger partial charge in [0.1, 0.15) is 6.67 Å². The Morgan fingerprint density at radius 2 is 2.43 bits per heavy atom. The van der Waals surface area contributed by atoms with Crippen LogP contribution in [0.15, 0.2) is 18.3 Å². The molecule has 0 bridgehead atoms. The highest BCUT2D eigenvalue weighted by Gasteiger charge is 2.28. The standard InChI is InChI=1S/C15H22FN3O2/c1-11(2)21-14-8-12(5-6-17-14)10-18-15(20)19-7-3-4-13(19)9-16/h5-6,8,11,13H,3-4,7,9-10H2,1-2H3,(H,18,20). The second-order valence-electron chi connectivity index (χ2n) is 5.47. The molecule has 2 amide bonds. The number of hydrogen-bond donors (Lipinski definition) is 1. The number of nitrogens with one attached hydrogen (secondary N) is 1. The maximum atomic E-state index is 12.8. The molecule has 1 aliphatic heterocycles. The van der Waals surface area contributed by atoms with E-state index in [1.165, 1.54) is 0 Å². The molecule has 2 heterocycles. The highest BCUT2D eigenvalue weighted by atomic mass is 19.1. The Kier molecular flexibility index (Phi) is 5.36. The Hall–Kier alpha value is -1.85. The number of alkyl halides is 1. The van der Waals surface area contributed by atoms with Gasteiger partial charge in [-0.2, -0.15) is 0 Å². The SMILES string of the molecule is CC(C)Oc1cc(CNC(=O)N2CCCC2CF)ccn1. The Balaban J connectivity index is 1.89. The van der Waals surface area contributed by atoms with Crippen LogP contribution in [0.3, 0.4) is 0 Å². The van der Waals surface area contributed by atoms with Crippen LogP contribution < -0.4 is 10.1 Å². The van der Waals surface area contributed by atoms with Crippen LogP contribution in [0.4, 0.5) is 9.18 Å². The minimum atomic E-state index is -0.477. The highest BCUT2D eigenvalue weighted by Crippen LogP contribution is 2.17. The van der Waals surface area contributed by atoms with Gasteiger partial charge in [0.05, 0.1) is 12.1 Å². The molecular weight excluding hydrogens is 273 g/mol. The third kappa shape index (κ3) is 4.31. The van der Waals surface area contributed by atoms with Crippen LogP contribution in [0.2, 0.25) is 0 Å². The van der Waals surface area contributed by atoms with Gasteiger partial charge >= 0.3 is 6.03 Å². The maximum Gasteiger partial charge on any atom is 0.318 e. The van der Waals surface area contributed by atoms with E-state index >= 15 is 0 Å². The van der Waals surface area contributed by atoms with E-state index in [4.69, 9.17) is 4.74 Å². The monoisotopic (exact) mass is 295 g/mol. The molecule has 1 fully saturated rings. The van der Waals surface area contributed by atoms with Gasteiger partial charge in [0.2, 0.25) is 5.88 Å². The number of amides is 2. The van der Waals surface area contributed by atoms with Gasteiger partial charge in [0.25, 0.3) is 0 Å². The van der Waals surface area contributed by atoms with Gasteiger partial charge in [-0.3, -0.25) is 0 Å². The van der Waals surface area contributed by atoms with Gasteiger partial charge in [-0.1, -0.05) is 0 Å². The van der Waals surface area contributed by atoms with Crippen molar-refractivity contribution in [3.05, 3.63) is 23.9 Å². The van der Waals surface area contributed by atoms with Crippen molar-refractivity contribution in [3.63, 3.8) is 0 Å². The number of nitrogens with zero attached hydrogens (tertiary/aromatic N) is 2. The van der Waals surface area contributed by atoms with Crippen LogP contribution in [-0.4, -0.2) is 41.3 Å². The molecule has 2 rings (SSSR count). The summed E-state index contributed by atoms with van der Waals surface area (Å²) in [6.45, 7) is 4.39. The van der Waals surface area contributed by atoms with E-state index in [1.807, 2.05) is 19.9 Å². The molecule has 1 aromatic heterocycles. The number of carbonyl (C=O) groups is 1. The highest BCUT2D eigenvalue weighted by molar-refractivity contribution is 5.74. The van der Waals surface area contributed by atoms with Crippen molar-refractivity contribution in [2.75, 3.05) is 13.2 Å². The molecule has 1 aromatic rings. The van der Waals surface area contributed by atoms with Crippen molar-refractivity contribution in [1.82, 2.24) is 15.2 Å². The number of ether oxygens (including phenoxy) is 1. The fraction of sp³-hybridized carbons (Fsp3) is 0.600. The van der Waals surface area contributed by atoms with Crippen LogP contribution in [-0.2, 0) is 6.54 Å². The molecular formula is C15H22FN3O2. The first-order valence-electron chi connectivity index (χ1n) is 7.32. The van der Waals surface area contributed by atoms with Gasteiger partial charge in [-0.15, -0.1) is 0 Å². The average molecular weight is 295 g/mol. The molecule has 0 saturated carbocycles. The molecule has 0 aromatic carbocycles. The lowest BCUT2D eigenvalue weighted by atomic mass is 10.2. The number of pyridine rings is 1. The van der Waals surface area contributed by atoms with Crippen molar-refractivity contribution in [2.45, 2.75) is 45.4 Å². The lowest BCUT2D eigenvalue weighted by Crippen LogP contribution is -2.43. The van der Waals surface area contributed by atoms with E-state index in [2.05, 4.69) is 10.3 Å². The third-order valence-corrected chi connectivity index (χ3v) is 3.42. The summed E-state index contributed by atoms with van der Waals surface area (Å²) in [7, 11) is 0. The van der Waals surface area contributed by atoms with E-state index in [9.17, 15) is 9.18 Å². The molecule has 1 atom stereocenters. The minimum Gasteiger partial charge on any atom is -0.475 e. The molecule has 0 spiro atoms. The molecule has 1 aliphatic rings. The minimum absolute atomic E-state index is 0.0530. The number of hydrogen-bond acceptors (Lipinski definition) is 3. The van der Waals surface area contributed by atoms with Gasteiger partial charge in [-0.05, 0) is 38.3 Å². The fourth-order valence-corrected chi connectivity index (χ4v) is 2.41. The van der Waals surface area contributed by atoms with Crippen molar-refractivity contribution in [3.8, 4) is 5.88 Å². The summed E-state index contributed by atoms with van der Waals surface area (Å²) >= 11 is 0. The first-order chi connectivity index (χ1) is 10.1. The first-order valence-corrected chi connectivity index (χ1v) is 7.32. The van der Waals surface area contributed by atoms with Crippen molar-refractivity contribution in [1.29, 1.82) is 0 Å². The average Bonchev–Trinajstić information content (AvgIpc) is 2.93. The number of rotatable bonds is 5. The molecule has 1 saturated heterocycles. The zero-order valence-corrected chi connectivity index (χ0v) is 12.5. The van der Waals surface area contributed by atoms with Crippen LogP contribution in [0.1, 0.15) is 32.3 Å². The Labute approximate surface area is 124 Å². The molecule has 21 heavy (non-hydrogen) atoms. The smallest absolute Gasteiger partial charge is 0.318 e. The summed E-state index contributed by atoms with van der Waals surface area (Å²) in [5.41, 5.74) is 0.907. The Morgan fingerprint density at radius 1 is 1.62 bits per heavy atom. The Morgan fingerprint density at radius 3 is 3.14 bits per heavy atom. The Bertz CT molecular complexity index is 482. The molecule has 116 valence electrons. The first kappa shape index (κ1) is 15.5. The van der Waals surface area contributed by atoms with Crippen LogP contribution in [0.5, 0.6) is 5.88 Å². The second kappa shape index (κ2) is 7.24. The van der Waals surface area contributed by atoms with E-state index < -0.39 is 6.67 Å². The quantitative estimate of drug-likeness (QED) is 0.908. The number of urea groups is 1. The third-order valence-electron chi connectivity index (χ3n) is 3.42. The van der Waals surface area contributed by atoms with E-state index in [-0.39, 0.29) is 18.2 Å².